The number of hydrogen-bond donors (Lipinski definition) is 4. The van der Waals surface area contributed by atoms with Gasteiger partial charge in [-0.2, -0.15) is 0 Å². The van der Waals surface area contributed by atoms with E-state index in [1.807, 2.05) is 9.80 Å². The van der Waals surface area contributed by atoms with Crippen molar-refractivity contribution in [2.24, 2.45) is 0 Å². The molecule has 0 amide bonds. The summed E-state index contributed by atoms with van der Waals surface area (Å²) < 4.78 is 61.9. The molecule has 52 heavy (non-hydrogen) atoms. The third-order valence-electron chi connectivity index (χ3n) is 11.3. The molecule has 4 unspecified atom stereocenters. The lowest BCUT2D eigenvalue weighted by Gasteiger charge is -2.48. The lowest BCUT2D eigenvalue weighted by atomic mass is 9.61. The van der Waals surface area contributed by atoms with Crippen LogP contribution in [-0.4, -0.2) is 71.0 Å². The second kappa shape index (κ2) is 17.8. The van der Waals surface area contributed by atoms with Crippen LogP contribution in [0.5, 0.6) is 0 Å². The van der Waals surface area contributed by atoms with E-state index in [4.69, 9.17) is 0 Å². The predicted molar refractivity (Wildman–Crippen MR) is 198 cm³/mol. The second-order valence-corrected chi connectivity index (χ2v) is 14.8. The Morgan fingerprint density at radius 1 is 0.442 bits per heavy atom. The maximum atomic E-state index is 15.5. The lowest BCUT2D eigenvalue weighted by molar-refractivity contribution is -0.0822. The maximum absolute atomic E-state index is 15.5. The molecule has 0 bridgehead atoms. The number of halogens is 4. The van der Waals surface area contributed by atoms with E-state index in [9.17, 15) is 20.4 Å². The summed E-state index contributed by atoms with van der Waals surface area (Å²) in [6, 6.07) is 11.7. The summed E-state index contributed by atoms with van der Waals surface area (Å²) in [4.78, 5) is 3.94. The number of hydrogen-bond acceptors (Lipinski definition) is 6. The fourth-order valence-corrected chi connectivity index (χ4v) is 8.10. The van der Waals surface area contributed by atoms with Gasteiger partial charge >= 0.3 is 0 Å². The van der Waals surface area contributed by atoms with Gasteiger partial charge in [0.1, 0.15) is 23.3 Å². The summed E-state index contributed by atoms with van der Waals surface area (Å²) in [5.74, 6) is -7.17. The number of rotatable bonds is 18. The molecule has 0 radical (unpaired) electrons. The molecule has 0 heterocycles. The van der Waals surface area contributed by atoms with Crippen LogP contribution in [0.15, 0.2) is 48.5 Å². The zero-order chi connectivity index (χ0) is 37.7. The summed E-state index contributed by atoms with van der Waals surface area (Å²) in [6.45, 7) is 10.9. The summed E-state index contributed by atoms with van der Waals surface area (Å²) in [6.07, 6.45) is 2.30. The molecule has 4 atom stereocenters. The highest BCUT2D eigenvalue weighted by Gasteiger charge is 2.54. The average Bonchev–Trinajstić information content (AvgIpc) is 3.12. The normalized spacial score (nSPS) is 25.5. The van der Waals surface area contributed by atoms with E-state index >= 15 is 17.6 Å². The van der Waals surface area contributed by atoms with Gasteiger partial charge in [-0.1, -0.05) is 77.6 Å². The third-order valence-corrected chi connectivity index (χ3v) is 11.3. The smallest absolute Gasteiger partial charge is 0.131 e. The monoisotopic (exact) mass is 728 g/mol. The first kappa shape index (κ1) is 40.0. The van der Waals surface area contributed by atoms with Crippen molar-refractivity contribution in [1.82, 2.24) is 0 Å². The lowest BCUT2D eigenvalue weighted by Crippen LogP contribution is -2.53. The van der Waals surface area contributed by atoms with Crippen LogP contribution in [0.1, 0.15) is 125 Å². The van der Waals surface area contributed by atoms with Crippen molar-refractivity contribution in [3.63, 3.8) is 0 Å². The molecule has 0 aromatic heterocycles. The van der Waals surface area contributed by atoms with Gasteiger partial charge in [-0.25, -0.2) is 17.6 Å². The van der Waals surface area contributed by atoms with E-state index in [0.29, 0.717) is 48.7 Å². The molecular formula is C42H56F4N2O4. The molecule has 2 aliphatic carbocycles. The molecule has 0 saturated heterocycles. The van der Waals surface area contributed by atoms with Crippen molar-refractivity contribution in [1.29, 1.82) is 0 Å². The van der Waals surface area contributed by atoms with Gasteiger partial charge in [0.2, 0.25) is 0 Å². The predicted octanol–water partition coefficient (Wildman–Crippen LogP) is 8.26. The van der Waals surface area contributed by atoms with Crippen LogP contribution in [0.2, 0.25) is 0 Å². The molecule has 6 nitrogen and oxygen atoms in total. The van der Waals surface area contributed by atoms with Crippen LogP contribution in [-0.2, 0) is 0 Å². The molecule has 2 fully saturated rings. The molecule has 286 valence electrons. The van der Waals surface area contributed by atoms with Crippen molar-refractivity contribution in [3.8, 4) is 0 Å². The molecule has 4 N–H and O–H groups in total. The highest BCUT2D eigenvalue weighted by molar-refractivity contribution is 5.52. The van der Waals surface area contributed by atoms with E-state index in [0.717, 1.165) is 51.4 Å². The van der Waals surface area contributed by atoms with E-state index in [1.165, 1.54) is 24.3 Å². The van der Waals surface area contributed by atoms with Gasteiger partial charge in [0.15, 0.2) is 0 Å². The summed E-state index contributed by atoms with van der Waals surface area (Å²) in [5.41, 5.74) is 1.25. The number of aliphatic hydroxyl groups is 4. The average molecular weight is 729 g/mol. The van der Waals surface area contributed by atoms with E-state index in [-0.39, 0.29) is 11.1 Å². The summed E-state index contributed by atoms with van der Waals surface area (Å²) in [5, 5.41) is 44.5. The summed E-state index contributed by atoms with van der Waals surface area (Å²) in [7, 11) is 0. The Labute approximate surface area is 306 Å². The van der Waals surface area contributed by atoms with Crippen molar-refractivity contribution >= 4 is 11.4 Å². The number of anilines is 2. The Kier molecular flexibility index (Phi) is 13.7. The minimum atomic E-state index is -1.26. The van der Waals surface area contributed by atoms with Crippen LogP contribution in [0.3, 0.4) is 0 Å². The van der Waals surface area contributed by atoms with E-state index in [1.54, 1.807) is 24.3 Å². The van der Waals surface area contributed by atoms with Crippen LogP contribution in [0.4, 0.5) is 28.9 Å². The number of aliphatic hydroxyl groups excluding tert-OH is 4. The van der Waals surface area contributed by atoms with Gasteiger partial charge < -0.3 is 30.2 Å². The van der Waals surface area contributed by atoms with Gasteiger partial charge in [0.05, 0.1) is 24.4 Å². The van der Waals surface area contributed by atoms with E-state index in [2.05, 4.69) is 27.7 Å². The van der Waals surface area contributed by atoms with Crippen molar-refractivity contribution in [2.75, 3.05) is 36.0 Å². The minimum absolute atomic E-state index is 0.337. The quantitative estimate of drug-likeness (QED) is 0.0988. The highest BCUT2D eigenvalue weighted by atomic mass is 19.1. The highest BCUT2D eigenvalue weighted by Crippen LogP contribution is 2.52. The summed E-state index contributed by atoms with van der Waals surface area (Å²) >= 11 is 0. The maximum Gasteiger partial charge on any atom is 0.131 e. The van der Waals surface area contributed by atoms with Gasteiger partial charge in [-0.3, -0.25) is 0 Å². The first-order valence-corrected chi connectivity index (χ1v) is 19.3. The van der Waals surface area contributed by atoms with Crippen molar-refractivity contribution in [2.45, 2.75) is 127 Å². The Balaban J connectivity index is 1.27. The number of benzene rings is 3. The molecular weight excluding hydrogens is 672 g/mol. The Morgan fingerprint density at radius 2 is 0.692 bits per heavy atom. The Morgan fingerprint density at radius 3 is 0.923 bits per heavy atom. The fraction of sp³-hybridized carbons (Fsp3) is 0.571. The largest absolute Gasteiger partial charge is 0.392 e. The molecule has 0 aliphatic heterocycles. The van der Waals surface area contributed by atoms with Crippen molar-refractivity contribution in [3.05, 3.63) is 94.1 Å². The van der Waals surface area contributed by atoms with Crippen LogP contribution >= 0.6 is 0 Å². The molecule has 2 saturated carbocycles. The van der Waals surface area contributed by atoms with Gasteiger partial charge in [0.25, 0.3) is 0 Å². The topological polar surface area (TPSA) is 87.4 Å². The zero-order valence-electron chi connectivity index (χ0n) is 30.9. The second-order valence-electron chi connectivity index (χ2n) is 14.8. The van der Waals surface area contributed by atoms with Crippen molar-refractivity contribution < 1.29 is 38.0 Å². The molecule has 2 aliphatic rings. The van der Waals surface area contributed by atoms with Crippen LogP contribution in [0.25, 0.3) is 0 Å². The first-order valence-electron chi connectivity index (χ1n) is 19.3. The van der Waals surface area contributed by atoms with Crippen LogP contribution in [0, 0.1) is 23.3 Å². The SMILES string of the molecule is CCCCN(CCCC)c1cc(F)c(C2C(O)C(c3ccc(C4C(O)C(c5c(F)cc(N(CCCC)CCCC)cc5F)C4O)cc3)C2O)c(F)c1. The number of unbranched alkanes of at least 4 members (excludes halogenated alkanes) is 4. The Bertz CT molecular complexity index is 1420. The molecule has 3 aromatic rings. The molecule has 3 aromatic carbocycles. The standard InChI is InChI=1S/C42H56F4N2O4/c1-5-9-17-47(18-10-6-2)27-21-29(43)35(30(44)22-27)37-39(49)33(40(37)50)25-13-15-26(16-14-25)34-41(51)38(42(34)52)36-31(45)23-28(24-32(36)46)48(19-11-7-3)20-12-8-4/h13-16,21-24,33-34,37-42,49-52H,5-12,17-20H2,1-4H3. The first-order chi connectivity index (χ1) is 25.0. The Hall–Kier alpha value is -3.18. The van der Waals surface area contributed by atoms with Gasteiger partial charge in [-0.15, -0.1) is 0 Å². The zero-order valence-corrected chi connectivity index (χ0v) is 30.9. The molecule has 0 spiro atoms. The van der Waals surface area contributed by atoms with E-state index < -0.39 is 71.4 Å². The third kappa shape index (κ3) is 8.00. The fourth-order valence-electron chi connectivity index (χ4n) is 8.10. The molecule has 5 rings (SSSR count). The van der Waals surface area contributed by atoms with Gasteiger partial charge in [-0.05, 0) is 61.1 Å². The number of nitrogens with zero attached hydrogens (tertiary/aromatic N) is 2. The minimum Gasteiger partial charge on any atom is -0.392 e. The van der Waals surface area contributed by atoms with Crippen LogP contribution < -0.4 is 9.80 Å². The molecule has 10 heteroatoms. The van der Waals surface area contributed by atoms with Gasteiger partial charge in [0, 0.05) is 72.4 Å².